The lowest BCUT2D eigenvalue weighted by molar-refractivity contribution is -0.276. The second-order valence-electron chi connectivity index (χ2n) is 7.13. The lowest BCUT2D eigenvalue weighted by Crippen LogP contribution is -2.42. The Morgan fingerprint density at radius 1 is 1.03 bits per heavy atom. The summed E-state index contributed by atoms with van der Waals surface area (Å²) in [7, 11) is 0. The number of aryl methyl sites for hydroxylation is 1. The van der Waals surface area contributed by atoms with Crippen LogP contribution in [-0.2, 0) is 23.0 Å². The third kappa shape index (κ3) is 3.37. The third-order valence-electron chi connectivity index (χ3n) is 5.33. The van der Waals surface area contributed by atoms with E-state index in [1.165, 1.54) is 0 Å². The highest BCUT2D eigenvalue weighted by Gasteiger charge is 2.62. The number of benzene rings is 2. The van der Waals surface area contributed by atoms with Gasteiger partial charge in [0.1, 0.15) is 0 Å². The first-order valence-electron chi connectivity index (χ1n) is 8.78. The van der Waals surface area contributed by atoms with E-state index in [1.807, 2.05) is 0 Å². The molecular formula is C20H14ClF6NO. The molecule has 0 N–H and O–H groups in total. The van der Waals surface area contributed by atoms with Gasteiger partial charge in [0.25, 0.3) is 5.60 Å². The highest BCUT2D eigenvalue weighted by molar-refractivity contribution is 6.21. The summed E-state index contributed by atoms with van der Waals surface area (Å²) in [6, 6.07) is 8.18. The Bertz CT molecular complexity index is 984. The van der Waals surface area contributed by atoms with E-state index in [2.05, 4.69) is 5.16 Å². The van der Waals surface area contributed by atoms with Crippen LogP contribution in [0.15, 0.2) is 47.6 Å². The van der Waals surface area contributed by atoms with Crippen LogP contribution in [0.3, 0.4) is 0 Å². The summed E-state index contributed by atoms with van der Waals surface area (Å²) in [5.74, 6) is 0. The SMILES string of the molecule is FC(F)(F)c1cccc(C2(C(F)(F)F)CC(c3ccc4c(c3)C(Cl)CC4)=NO2)c1. The van der Waals surface area contributed by atoms with Crippen molar-refractivity contribution < 1.29 is 31.2 Å². The van der Waals surface area contributed by atoms with Gasteiger partial charge in [-0.25, -0.2) is 0 Å². The quantitative estimate of drug-likeness (QED) is 0.390. The predicted octanol–water partition coefficient (Wildman–Crippen LogP) is 6.51. The fraction of sp³-hybridized carbons (Fsp3) is 0.350. The Balaban J connectivity index is 1.72. The van der Waals surface area contributed by atoms with Crippen molar-refractivity contribution in [1.29, 1.82) is 0 Å². The molecule has 1 aliphatic carbocycles. The van der Waals surface area contributed by atoms with Crippen molar-refractivity contribution in [2.75, 3.05) is 0 Å². The molecule has 2 atom stereocenters. The minimum Gasteiger partial charge on any atom is -0.374 e. The summed E-state index contributed by atoms with van der Waals surface area (Å²) in [4.78, 5) is 4.83. The maximum atomic E-state index is 14.0. The van der Waals surface area contributed by atoms with Gasteiger partial charge in [-0.2, -0.15) is 26.3 Å². The molecule has 2 aromatic carbocycles. The Morgan fingerprint density at radius 3 is 2.48 bits per heavy atom. The first-order chi connectivity index (χ1) is 13.5. The van der Waals surface area contributed by atoms with E-state index in [9.17, 15) is 26.3 Å². The molecule has 1 aliphatic heterocycles. The molecule has 0 bridgehead atoms. The Kier molecular flexibility index (Phi) is 4.60. The first-order valence-corrected chi connectivity index (χ1v) is 9.22. The van der Waals surface area contributed by atoms with Gasteiger partial charge < -0.3 is 4.84 Å². The van der Waals surface area contributed by atoms with Crippen LogP contribution in [-0.4, -0.2) is 11.9 Å². The summed E-state index contributed by atoms with van der Waals surface area (Å²) in [6.45, 7) is 0. The van der Waals surface area contributed by atoms with Crippen LogP contribution in [0.1, 0.15) is 46.0 Å². The van der Waals surface area contributed by atoms with Crippen LogP contribution in [0.25, 0.3) is 0 Å². The molecule has 0 amide bonds. The van der Waals surface area contributed by atoms with Crippen LogP contribution in [0.4, 0.5) is 26.3 Å². The van der Waals surface area contributed by atoms with E-state index in [0.717, 1.165) is 36.1 Å². The molecule has 2 unspecified atom stereocenters. The van der Waals surface area contributed by atoms with Gasteiger partial charge in [0, 0.05) is 12.0 Å². The maximum Gasteiger partial charge on any atom is 0.435 e. The van der Waals surface area contributed by atoms with E-state index in [0.29, 0.717) is 17.7 Å². The molecule has 2 aliphatic rings. The zero-order valence-electron chi connectivity index (χ0n) is 14.7. The van der Waals surface area contributed by atoms with Crippen LogP contribution in [0.5, 0.6) is 0 Å². The van der Waals surface area contributed by atoms with Gasteiger partial charge in [0.05, 0.1) is 16.7 Å². The van der Waals surface area contributed by atoms with Gasteiger partial charge in [0.15, 0.2) is 0 Å². The molecule has 0 radical (unpaired) electrons. The number of halogens is 7. The van der Waals surface area contributed by atoms with Crippen molar-refractivity contribution in [3.63, 3.8) is 0 Å². The largest absolute Gasteiger partial charge is 0.435 e. The number of fused-ring (bicyclic) bond motifs is 1. The van der Waals surface area contributed by atoms with Gasteiger partial charge in [-0.05, 0) is 47.7 Å². The molecule has 9 heteroatoms. The van der Waals surface area contributed by atoms with Gasteiger partial charge in [-0.1, -0.05) is 29.4 Å². The van der Waals surface area contributed by atoms with Crippen LogP contribution in [0.2, 0.25) is 0 Å². The molecule has 0 saturated heterocycles. The Morgan fingerprint density at radius 2 is 1.79 bits per heavy atom. The summed E-state index contributed by atoms with van der Waals surface area (Å²) < 4.78 is 81.1. The van der Waals surface area contributed by atoms with Crippen LogP contribution >= 0.6 is 11.6 Å². The first kappa shape index (κ1) is 20.1. The number of hydrogen-bond donors (Lipinski definition) is 0. The highest BCUT2D eigenvalue weighted by Crippen LogP contribution is 2.50. The van der Waals surface area contributed by atoms with Crippen molar-refractivity contribution in [2.45, 2.75) is 42.6 Å². The molecular weight excluding hydrogens is 420 g/mol. The number of alkyl halides is 7. The highest BCUT2D eigenvalue weighted by atomic mass is 35.5. The van der Waals surface area contributed by atoms with Crippen molar-refractivity contribution in [2.24, 2.45) is 5.16 Å². The number of rotatable bonds is 2. The predicted molar refractivity (Wildman–Crippen MR) is 94.8 cm³/mol. The van der Waals surface area contributed by atoms with Gasteiger partial charge in [-0.3, -0.25) is 0 Å². The average molecular weight is 434 g/mol. The molecule has 0 aromatic heterocycles. The molecule has 1 heterocycles. The van der Waals surface area contributed by atoms with Crippen LogP contribution in [0, 0.1) is 0 Å². The van der Waals surface area contributed by atoms with E-state index in [1.54, 1.807) is 18.2 Å². The zero-order chi connectivity index (χ0) is 21.0. The van der Waals surface area contributed by atoms with Crippen molar-refractivity contribution in [1.82, 2.24) is 0 Å². The molecule has 29 heavy (non-hydrogen) atoms. The van der Waals surface area contributed by atoms with E-state index >= 15 is 0 Å². The summed E-state index contributed by atoms with van der Waals surface area (Å²) in [6.07, 6.45) is -8.97. The Hall–Kier alpha value is -2.22. The topological polar surface area (TPSA) is 21.6 Å². The standard InChI is InChI=1S/C20H14ClF6NO/c21-16-7-6-11-4-5-12(8-15(11)16)17-10-18(29-28-17,20(25,26)27)13-2-1-3-14(9-13)19(22,23)24/h1-5,8-9,16H,6-7,10H2. The molecule has 0 saturated carbocycles. The monoisotopic (exact) mass is 433 g/mol. The second-order valence-corrected chi connectivity index (χ2v) is 7.66. The Labute approximate surface area is 167 Å². The summed E-state index contributed by atoms with van der Waals surface area (Å²) in [5, 5.41) is 3.38. The summed E-state index contributed by atoms with van der Waals surface area (Å²) >= 11 is 6.25. The molecule has 2 aromatic rings. The van der Waals surface area contributed by atoms with Crippen molar-refractivity contribution >= 4 is 17.3 Å². The van der Waals surface area contributed by atoms with E-state index in [4.69, 9.17) is 16.4 Å². The normalized spacial score (nSPS) is 24.2. The zero-order valence-corrected chi connectivity index (χ0v) is 15.5. The van der Waals surface area contributed by atoms with Crippen molar-refractivity contribution in [3.8, 4) is 0 Å². The second kappa shape index (κ2) is 6.65. The molecule has 0 spiro atoms. The molecule has 2 nitrogen and oxygen atoms in total. The molecule has 154 valence electrons. The minimum atomic E-state index is -4.98. The average Bonchev–Trinajstić information content (AvgIpc) is 3.26. The van der Waals surface area contributed by atoms with Crippen molar-refractivity contribution in [3.05, 3.63) is 70.3 Å². The lowest BCUT2D eigenvalue weighted by atomic mass is 9.85. The lowest BCUT2D eigenvalue weighted by Gasteiger charge is -2.30. The maximum absolute atomic E-state index is 14.0. The molecule has 0 fully saturated rings. The van der Waals surface area contributed by atoms with Gasteiger partial charge in [-0.15, -0.1) is 11.6 Å². The number of oxime groups is 1. The number of nitrogens with zero attached hydrogens (tertiary/aromatic N) is 1. The fourth-order valence-corrected chi connectivity index (χ4v) is 4.05. The van der Waals surface area contributed by atoms with Crippen LogP contribution < -0.4 is 0 Å². The molecule has 4 rings (SSSR count). The number of hydrogen-bond acceptors (Lipinski definition) is 2. The minimum absolute atomic E-state index is 0.0123. The van der Waals surface area contributed by atoms with Gasteiger partial charge in [0.2, 0.25) is 0 Å². The summed E-state index contributed by atoms with van der Waals surface area (Å²) in [5.41, 5.74) is -2.53. The van der Waals surface area contributed by atoms with Gasteiger partial charge >= 0.3 is 12.4 Å². The van der Waals surface area contributed by atoms with E-state index in [-0.39, 0.29) is 11.1 Å². The fourth-order valence-electron chi connectivity index (χ4n) is 3.74. The smallest absolute Gasteiger partial charge is 0.374 e. The third-order valence-corrected chi connectivity index (χ3v) is 5.78. The van der Waals surface area contributed by atoms with E-state index < -0.39 is 35.5 Å².